The Balaban J connectivity index is 1.48. The maximum atomic E-state index is 13.6. The van der Waals surface area contributed by atoms with Crippen LogP contribution in [-0.2, 0) is 11.2 Å². The van der Waals surface area contributed by atoms with Gasteiger partial charge in [-0.05, 0) is 49.8 Å². The zero-order valence-electron chi connectivity index (χ0n) is 18.0. The Morgan fingerprint density at radius 3 is 2.75 bits per heavy atom. The van der Waals surface area contributed by atoms with Gasteiger partial charge in [0.05, 0.1) is 10.5 Å². The highest BCUT2D eigenvalue weighted by Gasteiger charge is 2.29. The molecule has 0 spiro atoms. The van der Waals surface area contributed by atoms with Crippen LogP contribution in [0.2, 0.25) is 5.02 Å². The van der Waals surface area contributed by atoms with Crippen LogP contribution in [0.3, 0.4) is 0 Å². The Morgan fingerprint density at radius 1 is 1.12 bits per heavy atom. The van der Waals surface area contributed by atoms with Gasteiger partial charge in [0.2, 0.25) is 0 Å². The largest absolute Gasteiger partial charge is 0.360 e. The fourth-order valence-electron chi connectivity index (χ4n) is 5.24. The van der Waals surface area contributed by atoms with E-state index in [1.807, 2.05) is 53.1 Å². The van der Waals surface area contributed by atoms with Crippen LogP contribution in [-0.4, -0.2) is 15.5 Å². The first-order chi connectivity index (χ1) is 15.5. The average Bonchev–Trinajstić information content (AvgIpc) is 3.16. The normalized spacial score (nSPS) is 18.9. The lowest BCUT2D eigenvalue weighted by atomic mass is 9.81. The molecule has 32 heavy (non-hydrogen) atoms. The number of aryl methyl sites for hydroxylation is 1. The number of rotatable bonds is 5. The molecule has 6 heteroatoms. The number of benzene rings is 2. The second kappa shape index (κ2) is 8.55. The third-order valence-corrected chi connectivity index (χ3v) is 6.98. The van der Waals surface area contributed by atoms with Crippen molar-refractivity contribution in [1.29, 1.82) is 0 Å². The van der Waals surface area contributed by atoms with Crippen molar-refractivity contribution >= 4 is 39.2 Å². The van der Waals surface area contributed by atoms with Crippen molar-refractivity contribution in [2.45, 2.75) is 51.5 Å². The van der Waals surface area contributed by atoms with Crippen LogP contribution in [0.5, 0.6) is 0 Å². The molecule has 0 amide bonds. The summed E-state index contributed by atoms with van der Waals surface area (Å²) in [5.41, 5.74) is 2.27. The van der Waals surface area contributed by atoms with Gasteiger partial charge in [-0.1, -0.05) is 59.6 Å². The van der Waals surface area contributed by atoms with Crippen LogP contribution in [0.15, 0.2) is 57.8 Å². The summed E-state index contributed by atoms with van der Waals surface area (Å²) < 4.78 is 7.24. The van der Waals surface area contributed by atoms with Gasteiger partial charge in [0, 0.05) is 24.3 Å². The van der Waals surface area contributed by atoms with Crippen molar-refractivity contribution in [3.8, 4) is 0 Å². The molecule has 0 aliphatic heterocycles. The van der Waals surface area contributed by atoms with Gasteiger partial charge < -0.3 is 9.09 Å². The van der Waals surface area contributed by atoms with E-state index in [0.717, 1.165) is 42.1 Å². The van der Waals surface area contributed by atoms with Crippen LogP contribution >= 0.6 is 11.6 Å². The van der Waals surface area contributed by atoms with E-state index in [1.54, 1.807) is 6.92 Å². The van der Waals surface area contributed by atoms with Crippen molar-refractivity contribution in [2.24, 2.45) is 5.92 Å². The van der Waals surface area contributed by atoms with Crippen LogP contribution in [0, 0.1) is 12.8 Å². The van der Waals surface area contributed by atoms with E-state index in [2.05, 4.69) is 5.16 Å². The number of fused-ring (bicyclic) bond motifs is 3. The number of carbonyl (C=O) groups is 1. The van der Waals surface area contributed by atoms with Gasteiger partial charge in [-0.3, -0.25) is 9.59 Å². The second-order valence-corrected chi connectivity index (χ2v) is 9.27. The van der Waals surface area contributed by atoms with Crippen molar-refractivity contribution < 1.29 is 9.32 Å². The molecule has 0 radical (unpaired) electrons. The maximum Gasteiger partial charge on any atom is 0.264 e. The molecular weight excluding hydrogens is 424 g/mol. The molecule has 4 aromatic rings. The monoisotopic (exact) mass is 448 g/mol. The molecule has 2 atom stereocenters. The number of hydrogen-bond acceptors (Lipinski definition) is 4. The molecule has 5 rings (SSSR count). The molecule has 5 nitrogen and oxygen atoms in total. The van der Waals surface area contributed by atoms with Gasteiger partial charge in [-0.2, -0.15) is 0 Å². The molecule has 2 heterocycles. The molecule has 0 bridgehead atoms. The Kier molecular flexibility index (Phi) is 5.60. The van der Waals surface area contributed by atoms with Gasteiger partial charge in [-0.25, -0.2) is 0 Å². The highest BCUT2D eigenvalue weighted by molar-refractivity contribution is 6.37. The molecule has 1 aliphatic carbocycles. The summed E-state index contributed by atoms with van der Waals surface area (Å²) in [5, 5.41) is 5.93. The van der Waals surface area contributed by atoms with Crippen molar-refractivity contribution in [3.05, 3.63) is 75.2 Å². The third-order valence-electron chi connectivity index (χ3n) is 6.66. The van der Waals surface area contributed by atoms with E-state index in [4.69, 9.17) is 16.1 Å². The molecule has 1 aliphatic rings. The van der Waals surface area contributed by atoms with E-state index < -0.39 is 0 Å². The lowest BCUT2D eigenvalue weighted by Crippen LogP contribution is -2.30. The first kappa shape index (κ1) is 21.0. The van der Waals surface area contributed by atoms with Crippen molar-refractivity contribution in [1.82, 2.24) is 9.72 Å². The first-order valence-electron chi connectivity index (χ1n) is 11.2. The van der Waals surface area contributed by atoms with E-state index in [-0.39, 0.29) is 23.3 Å². The molecule has 1 fully saturated rings. The standard InChI is InChI=1S/C26H25ClN2O3/c1-16-23-25(28-32-16)24-21(27)11-6-12-22(24)29(26(23)31)19-10-5-9-18(13-19)15-20(30)14-17-7-3-2-4-8-17/h2-4,6-8,11-12,18-19H,5,9-10,13-15H2,1H3. The van der Waals surface area contributed by atoms with Gasteiger partial charge in [0.1, 0.15) is 22.4 Å². The lowest BCUT2D eigenvalue weighted by molar-refractivity contribution is -0.119. The van der Waals surface area contributed by atoms with E-state index in [9.17, 15) is 9.59 Å². The van der Waals surface area contributed by atoms with Gasteiger partial charge in [0.25, 0.3) is 5.56 Å². The summed E-state index contributed by atoms with van der Waals surface area (Å²) in [6.45, 7) is 1.76. The predicted molar refractivity (Wildman–Crippen MR) is 126 cm³/mol. The highest BCUT2D eigenvalue weighted by atomic mass is 35.5. The average molecular weight is 449 g/mol. The Morgan fingerprint density at radius 2 is 1.94 bits per heavy atom. The number of hydrogen-bond donors (Lipinski definition) is 0. The Labute approximate surface area is 191 Å². The molecule has 2 unspecified atom stereocenters. The van der Waals surface area contributed by atoms with Crippen LogP contribution in [0.25, 0.3) is 21.8 Å². The molecular formula is C26H25ClN2O3. The molecule has 164 valence electrons. The number of pyridine rings is 1. The highest BCUT2D eigenvalue weighted by Crippen LogP contribution is 2.38. The number of halogens is 1. The third kappa shape index (κ3) is 3.75. The molecule has 0 saturated heterocycles. The maximum absolute atomic E-state index is 13.6. The van der Waals surface area contributed by atoms with Crippen LogP contribution in [0.4, 0.5) is 0 Å². The van der Waals surface area contributed by atoms with E-state index in [0.29, 0.717) is 34.5 Å². The lowest BCUT2D eigenvalue weighted by Gasteiger charge is -2.31. The zero-order chi connectivity index (χ0) is 22.2. The number of Topliss-reactive ketones (excluding diaryl/α,β-unsaturated/α-hetero) is 1. The Hall–Kier alpha value is -2.92. The van der Waals surface area contributed by atoms with Crippen molar-refractivity contribution in [3.63, 3.8) is 0 Å². The molecule has 1 saturated carbocycles. The molecule has 2 aromatic carbocycles. The second-order valence-electron chi connectivity index (χ2n) is 8.86. The zero-order valence-corrected chi connectivity index (χ0v) is 18.8. The van der Waals surface area contributed by atoms with E-state index in [1.165, 1.54) is 0 Å². The summed E-state index contributed by atoms with van der Waals surface area (Å²) in [4.78, 5) is 26.3. The number of ketones is 1. The summed E-state index contributed by atoms with van der Waals surface area (Å²) in [6, 6.07) is 15.5. The SMILES string of the molecule is Cc1onc2c1c(=O)n(C1CCCC(CC(=O)Cc3ccccc3)C1)c1cccc(Cl)c21. The van der Waals surface area contributed by atoms with Gasteiger partial charge in [0.15, 0.2) is 0 Å². The minimum absolute atomic E-state index is 0.0189. The smallest absolute Gasteiger partial charge is 0.264 e. The van der Waals surface area contributed by atoms with Crippen LogP contribution < -0.4 is 5.56 Å². The summed E-state index contributed by atoms with van der Waals surface area (Å²) in [5.74, 6) is 1.03. The number of carbonyl (C=O) groups excluding carboxylic acids is 1. The summed E-state index contributed by atoms with van der Waals surface area (Å²) in [7, 11) is 0. The van der Waals surface area contributed by atoms with Gasteiger partial charge >= 0.3 is 0 Å². The fraction of sp³-hybridized carbons (Fsp3) is 0.346. The molecule has 2 aromatic heterocycles. The van der Waals surface area contributed by atoms with E-state index >= 15 is 0 Å². The van der Waals surface area contributed by atoms with Gasteiger partial charge in [-0.15, -0.1) is 0 Å². The summed E-state index contributed by atoms with van der Waals surface area (Å²) >= 11 is 6.54. The number of aromatic nitrogens is 2. The molecule has 0 N–H and O–H groups in total. The fourth-order valence-corrected chi connectivity index (χ4v) is 5.49. The van der Waals surface area contributed by atoms with Crippen LogP contribution in [0.1, 0.15) is 49.5 Å². The first-order valence-corrected chi connectivity index (χ1v) is 11.5. The Bertz CT molecular complexity index is 1360. The summed E-state index contributed by atoms with van der Waals surface area (Å²) in [6.07, 6.45) is 4.72. The predicted octanol–water partition coefficient (Wildman–Crippen LogP) is 6.04. The van der Waals surface area contributed by atoms with Crippen molar-refractivity contribution in [2.75, 3.05) is 0 Å². The topological polar surface area (TPSA) is 65.1 Å². The minimum atomic E-state index is -0.0882. The quantitative estimate of drug-likeness (QED) is 0.373. The number of nitrogens with zero attached hydrogens (tertiary/aromatic N) is 2. The minimum Gasteiger partial charge on any atom is -0.360 e.